The molecule has 0 spiro atoms. The van der Waals surface area contributed by atoms with Crippen molar-refractivity contribution in [2.45, 2.75) is 60.7 Å². The second kappa shape index (κ2) is 5.14. The van der Waals surface area contributed by atoms with Gasteiger partial charge in [0.05, 0.1) is 6.10 Å². The van der Waals surface area contributed by atoms with Gasteiger partial charge in [-0.25, -0.2) is 0 Å². The molecule has 1 heterocycles. The summed E-state index contributed by atoms with van der Waals surface area (Å²) in [5, 5.41) is 19.4. The third-order valence-corrected chi connectivity index (χ3v) is 5.09. The summed E-state index contributed by atoms with van der Waals surface area (Å²) in [4.78, 5) is 1.15. The highest BCUT2D eigenvalue weighted by Gasteiger charge is 2.36. The summed E-state index contributed by atoms with van der Waals surface area (Å²) in [6.07, 6.45) is 4.62. The highest BCUT2D eigenvalue weighted by molar-refractivity contribution is 7.99. The lowest BCUT2D eigenvalue weighted by Crippen LogP contribution is -2.01. The van der Waals surface area contributed by atoms with Crippen LogP contribution in [0.4, 0.5) is 0 Å². The summed E-state index contributed by atoms with van der Waals surface area (Å²) < 4.78 is 2.37. The van der Waals surface area contributed by atoms with E-state index in [0.29, 0.717) is 12.0 Å². The van der Waals surface area contributed by atoms with Crippen LogP contribution < -0.4 is 0 Å². The number of nitrogens with zero attached hydrogens (tertiary/aromatic N) is 3. The molecule has 0 amide bonds. The number of rotatable bonds is 5. The zero-order valence-electron chi connectivity index (χ0n) is 12.1. The quantitative estimate of drug-likeness (QED) is 0.915. The second-order valence-corrected chi connectivity index (χ2v) is 7.10. The maximum absolute atomic E-state index is 9.57. The van der Waals surface area contributed by atoms with E-state index in [0.717, 1.165) is 15.6 Å². The Bertz CT molecular complexity index is 642. The molecule has 1 aromatic carbocycles. The van der Waals surface area contributed by atoms with E-state index in [4.69, 9.17) is 0 Å². The smallest absolute Gasteiger partial charge is 0.196 e. The van der Waals surface area contributed by atoms with E-state index in [-0.39, 0.29) is 0 Å². The molecule has 1 atom stereocenters. The predicted octanol–water partition coefficient (Wildman–Crippen LogP) is 3.69. The van der Waals surface area contributed by atoms with Gasteiger partial charge in [-0.05, 0) is 62.1 Å². The Balaban J connectivity index is 1.59. The van der Waals surface area contributed by atoms with Crippen LogP contribution in [0.3, 0.4) is 0 Å². The highest BCUT2D eigenvalue weighted by atomic mass is 32.2. The van der Waals surface area contributed by atoms with Crippen molar-refractivity contribution < 1.29 is 5.11 Å². The van der Waals surface area contributed by atoms with Gasteiger partial charge in [-0.3, -0.25) is 0 Å². The SMILES string of the molecule is C[C@H](O)c1ccc(Sc2nnc(C3CC3)n2C2CC2)cc1. The zero-order valence-corrected chi connectivity index (χ0v) is 12.9. The third-order valence-electron chi connectivity index (χ3n) is 4.12. The molecular weight excluding hydrogens is 282 g/mol. The molecule has 2 fully saturated rings. The number of benzene rings is 1. The van der Waals surface area contributed by atoms with Crippen molar-refractivity contribution in [1.82, 2.24) is 14.8 Å². The van der Waals surface area contributed by atoms with Crippen LogP contribution in [0.25, 0.3) is 0 Å². The summed E-state index contributed by atoms with van der Waals surface area (Å²) in [7, 11) is 0. The lowest BCUT2D eigenvalue weighted by molar-refractivity contribution is 0.199. The molecule has 0 unspecified atom stereocenters. The number of hydrogen-bond acceptors (Lipinski definition) is 4. The predicted molar refractivity (Wildman–Crippen MR) is 81.5 cm³/mol. The van der Waals surface area contributed by atoms with E-state index >= 15 is 0 Å². The Morgan fingerprint density at radius 2 is 1.86 bits per heavy atom. The van der Waals surface area contributed by atoms with Crippen molar-refractivity contribution in [2.75, 3.05) is 0 Å². The van der Waals surface area contributed by atoms with Crippen LogP contribution in [0.2, 0.25) is 0 Å². The van der Waals surface area contributed by atoms with E-state index in [2.05, 4.69) is 26.9 Å². The molecule has 1 N–H and O–H groups in total. The second-order valence-electron chi connectivity index (χ2n) is 6.06. The van der Waals surface area contributed by atoms with Crippen LogP contribution in [0.15, 0.2) is 34.3 Å². The number of aromatic nitrogens is 3. The van der Waals surface area contributed by atoms with Gasteiger partial charge < -0.3 is 9.67 Å². The van der Waals surface area contributed by atoms with Gasteiger partial charge in [0.15, 0.2) is 5.16 Å². The lowest BCUT2D eigenvalue weighted by atomic mass is 10.1. The fourth-order valence-corrected chi connectivity index (χ4v) is 3.48. The largest absolute Gasteiger partial charge is 0.389 e. The molecule has 5 heteroatoms. The molecule has 2 aliphatic carbocycles. The molecule has 0 aliphatic heterocycles. The first-order valence-corrected chi connectivity index (χ1v) is 8.44. The lowest BCUT2D eigenvalue weighted by Gasteiger charge is -2.09. The van der Waals surface area contributed by atoms with E-state index in [1.165, 1.54) is 31.5 Å². The average molecular weight is 301 g/mol. The van der Waals surface area contributed by atoms with Gasteiger partial charge in [0.2, 0.25) is 0 Å². The van der Waals surface area contributed by atoms with Crippen molar-refractivity contribution in [3.05, 3.63) is 35.7 Å². The van der Waals surface area contributed by atoms with Gasteiger partial charge in [0.25, 0.3) is 0 Å². The molecule has 2 saturated carbocycles. The molecule has 0 bridgehead atoms. The Morgan fingerprint density at radius 1 is 1.14 bits per heavy atom. The maximum Gasteiger partial charge on any atom is 0.196 e. The van der Waals surface area contributed by atoms with E-state index in [1.807, 2.05) is 12.1 Å². The minimum Gasteiger partial charge on any atom is -0.389 e. The topological polar surface area (TPSA) is 50.9 Å². The first-order chi connectivity index (χ1) is 10.2. The molecule has 2 aromatic rings. The summed E-state index contributed by atoms with van der Waals surface area (Å²) in [6.45, 7) is 1.79. The van der Waals surface area contributed by atoms with Gasteiger partial charge in [0.1, 0.15) is 5.82 Å². The van der Waals surface area contributed by atoms with E-state index in [1.54, 1.807) is 18.7 Å². The Labute approximate surface area is 128 Å². The average Bonchev–Trinajstić information content (AvgIpc) is 3.39. The molecule has 4 nitrogen and oxygen atoms in total. The van der Waals surface area contributed by atoms with Crippen LogP contribution in [-0.2, 0) is 0 Å². The highest BCUT2D eigenvalue weighted by Crippen LogP contribution is 2.46. The molecule has 4 rings (SSSR count). The van der Waals surface area contributed by atoms with Crippen LogP contribution in [-0.4, -0.2) is 19.9 Å². The Hall–Kier alpha value is -1.33. The Kier molecular flexibility index (Phi) is 3.27. The van der Waals surface area contributed by atoms with Gasteiger partial charge in [-0.15, -0.1) is 10.2 Å². The minimum atomic E-state index is -0.416. The molecule has 21 heavy (non-hydrogen) atoms. The molecule has 2 aliphatic rings. The fraction of sp³-hybridized carbons (Fsp3) is 0.500. The van der Waals surface area contributed by atoms with Crippen molar-refractivity contribution >= 4 is 11.8 Å². The first kappa shape index (κ1) is 13.3. The standard InChI is InChI=1S/C16H19N3OS/c1-10(20)11-4-8-14(9-5-11)21-16-18-17-15(12-2-3-12)19(16)13-6-7-13/h4-5,8-10,12-13,20H,2-3,6-7H2,1H3/t10-/m0/s1. The molecule has 1 aromatic heterocycles. The van der Waals surface area contributed by atoms with Gasteiger partial charge in [-0.2, -0.15) is 0 Å². The summed E-state index contributed by atoms with van der Waals surface area (Å²) in [5.41, 5.74) is 0.946. The molecule has 0 saturated heterocycles. The van der Waals surface area contributed by atoms with Gasteiger partial charge >= 0.3 is 0 Å². The summed E-state index contributed by atoms with van der Waals surface area (Å²) in [5.74, 6) is 1.84. The molecular formula is C16H19N3OS. The monoisotopic (exact) mass is 301 g/mol. The van der Waals surface area contributed by atoms with Crippen molar-refractivity contribution in [3.8, 4) is 0 Å². The summed E-state index contributed by atoms with van der Waals surface area (Å²) in [6, 6.07) is 8.68. The van der Waals surface area contributed by atoms with Crippen LogP contribution >= 0.6 is 11.8 Å². The van der Waals surface area contributed by atoms with Crippen molar-refractivity contribution in [3.63, 3.8) is 0 Å². The third kappa shape index (κ3) is 2.72. The number of aliphatic hydroxyl groups excluding tert-OH is 1. The van der Waals surface area contributed by atoms with Crippen LogP contribution in [0, 0.1) is 0 Å². The van der Waals surface area contributed by atoms with Crippen molar-refractivity contribution in [2.24, 2.45) is 0 Å². The van der Waals surface area contributed by atoms with Crippen molar-refractivity contribution in [1.29, 1.82) is 0 Å². The number of hydrogen-bond donors (Lipinski definition) is 1. The zero-order chi connectivity index (χ0) is 14.4. The first-order valence-electron chi connectivity index (χ1n) is 7.63. The van der Waals surface area contributed by atoms with Crippen LogP contribution in [0.5, 0.6) is 0 Å². The van der Waals surface area contributed by atoms with E-state index in [9.17, 15) is 5.11 Å². The number of aliphatic hydroxyl groups is 1. The fourth-order valence-electron chi connectivity index (χ4n) is 2.57. The minimum absolute atomic E-state index is 0.416. The van der Waals surface area contributed by atoms with Crippen LogP contribution in [0.1, 0.15) is 62.1 Å². The molecule has 0 radical (unpaired) electrons. The maximum atomic E-state index is 9.57. The summed E-state index contributed by atoms with van der Waals surface area (Å²) >= 11 is 1.68. The van der Waals surface area contributed by atoms with Gasteiger partial charge in [-0.1, -0.05) is 12.1 Å². The normalized spacial score (nSPS) is 19.7. The van der Waals surface area contributed by atoms with E-state index < -0.39 is 6.10 Å². The Morgan fingerprint density at radius 3 is 2.43 bits per heavy atom. The van der Waals surface area contributed by atoms with Gasteiger partial charge in [0, 0.05) is 16.9 Å². The molecule has 110 valence electrons.